The lowest BCUT2D eigenvalue weighted by Crippen LogP contribution is -2.50. The van der Waals surface area contributed by atoms with E-state index < -0.39 is 0 Å². The molecule has 20 heavy (non-hydrogen) atoms. The van der Waals surface area contributed by atoms with E-state index in [2.05, 4.69) is 29.6 Å². The molecule has 0 spiro atoms. The maximum absolute atomic E-state index is 12.7. The summed E-state index contributed by atoms with van der Waals surface area (Å²) in [5, 5.41) is 3.27. The molecule has 3 N–H and O–H groups in total. The molecule has 0 aromatic heterocycles. The third-order valence-corrected chi connectivity index (χ3v) is 5.07. The molecule has 1 aromatic rings. The van der Waals surface area contributed by atoms with Crippen LogP contribution in [0.3, 0.4) is 0 Å². The molecule has 1 aromatic carbocycles. The Labute approximate surface area is 120 Å². The van der Waals surface area contributed by atoms with E-state index in [0.29, 0.717) is 6.54 Å². The molecular weight excluding hydrogens is 248 g/mol. The number of nitrogens with one attached hydrogen (secondary N) is 1. The van der Waals surface area contributed by atoms with Gasteiger partial charge < -0.3 is 11.1 Å². The van der Waals surface area contributed by atoms with Gasteiger partial charge in [-0.1, -0.05) is 43.5 Å². The van der Waals surface area contributed by atoms with E-state index in [4.69, 9.17) is 5.73 Å². The lowest BCUT2D eigenvalue weighted by Gasteiger charge is -2.35. The quantitative estimate of drug-likeness (QED) is 0.886. The summed E-state index contributed by atoms with van der Waals surface area (Å²) < 4.78 is 0. The number of fused-ring (bicyclic) bond motifs is 1. The number of amides is 1. The molecule has 1 amide bonds. The number of hydrogen-bond donors (Lipinski definition) is 2. The summed E-state index contributed by atoms with van der Waals surface area (Å²) in [6.45, 7) is 0.485. The molecular formula is C17H24N2O. The average Bonchev–Trinajstić information content (AvgIpc) is 2.90. The molecule has 2 aliphatic rings. The van der Waals surface area contributed by atoms with Gasteiger partial charge >= 0.3 is 0 Å². The zero-order chi connectivity index (χ0) is 14.0. The predicted octanol–water partition coefficient (Wildman–Crippen LogP) is 2.18. The number of rotatable bonds is 3. The van der Waals surface area contributed by atoms with Crippen molar-refractivity contribution in [2.45, 2.75) is 51.0 Å². The Bertz CT molecular complexity index is 467. The van der Waals surface area contributed by atoms with Crippen molar-refractivity contribution < 1.29 is 4.79 Å². The second-order valence-corrected chi connectivity index (χ2v) is 6.39. The minimum absolute atomic E-state index is 0.192. The van der Waals surface area contributed by atoms with Crippen LogP contribution in [0.15, 0.2) is 24.3 Å². The standard InChI is InChI=1S/C17H24N2O/c18-12-17(8-4-1-5-9-17)16(20)19-15-10-13-6-2-3-7-14(13)11-15/h2-3,6-7,15H,1,4-5,8-12,18H2,(H,19,20). The van der Waals surface area contributed by atoms with Crippen LogP contribution in [0.5, 0.6) is 0 Å². The number of hydrogen-bond acceptors (Lipinski definition) is 2. The molecule has 1 saturated carbocycles. The van der Waals surface area contributed by atoms with Crippen molar-refractivity contribution in [2.24, 2.45) is 11.1 Å². The van der Waals surface area contributed by atoms with Crippen molar-refractivity contribution in [2.75, 3.05) is 6.54 Å². The highest BCUT2D eigenvalue weighted by atomic mass is 16.2. The highest BCUT2D eigenvalue weighted by molar-refractivity contribution is 5.83. The van der Waals surface area contributed by atoms with Crippen LogP contribution in [0.1, 0.15) is 43.2 Å². The van der Waals surface area contributed by atoms with Gasteiger partial charge in [-0.05, 0) is 36.8 Å². The summed E-state index contributed by atoms with van der Waals surface area (Å²) in [7, 11) is 0. The summed E-state index contributed by atoms with van der Waals surface area (Å²) in [5.41, 5.74) is 8.39. The highest BCUT2D eigenvalue weighted by Crippen LogP contribution is 2.36. The van der Waals surface area contributed by atoms with E-state index in [1.807, 2.05) is 0 Å². The fourth-order valence-electron chi connectivity index (χ4n) is 3.75. The third-order valence-electron chi connectivity index (χ3n) is 5.07. The Morgan fingerprint density at radius 3 is 2.30 bits per heavy atom. The zero-order valence-electron chi connectivity index (χ0n) is 12.0. The van der Waals surface area contributed by atoms with Crippen molar-refractivity contribution in [3.05, 3.63) is 35.4 Å². The van der Waals surface area contributed by atoms with Gasteiger partial charge in [0, 0.05) is 12.6 Å². The molecule has 3 heteroatoms. The minimum Gasteiger partial charge on any atom is -0.352 e. The minimum atomic E-state index is -0.299. The van der Waals surface area contributed by atoms with Gasteiger partial charge in [-0.15, -0.1) is 0 Å². The first-order valence-corrected chi connectivity index (χ1v) is 7.81. The van der Waals surface area contributed by atoms with E-state index in [9.17, 15) is 4.79 Å². The topological polar surface area (TPSA) is 55.1 Å². The van der Waals surface area contributed by atoms with Crippen LogP contribution < -0.4 is 11.1 Å². The Morgan fingerprint density at radius 2 is 1.75 bits per heavy atom. The molecule has 0 bridgehead atoms. The van der Waals surface area contributed by atoms with Crippen molar-refractivity contribution in [1.29, 1.82) is 0 Å². The molecule has 0 aliphatic heterocycles. The van der Waals surface area contributed by atoms with Crippen LogP contribution in [0.2, 0.25) is 0 Å². The monoisotopic (exact) mass is 272 g/mol. The summed E-state index contributed by atoms with van der Waals surface area (Å²) in [5.74, 6) is 0.192. The second-order valence-electron chi connectivity index (χ2n) is 6.39. The van der Waals surface area contributed by atoms with Crippen molar-refractivity contribution in [1.82, 2.24) is 5.32 Å². The number of nitrogens with two attached hydrogens (primary N) is 1. The molecule has 3 nitrogen and oxygen atoms in total. The normalized spacial score (nSPS) is 21.4. The summed E-state index contributed by atoms with van der Waals surface area (Å²) >= 11 is 0. The fraction of sp³-hybridized carbons (Fsp3) is 0.588. The van der Waals surface area contributed by atoms with Gasteiger partial charge in [0.2, 0.25) is 5.91 Å². The van der Waals surface area contributed by atoms with Crippen LogP contribution in [-0.2, 0) is 17.6 Å². The molecule has 1 fully saturated rings. The second kappa shape index (κ2) is 5.57. The Kier molecular flexibility index (Phi) is 3.79. The van der Waals surface area contributed by atoms with Crippen molar-refractivity contribution in [3.63, 3.8) is 0 Å². The molecule has 0 radical (unpaired) electrons. The summed E-state index contributed by atoms with van der Waals surface area (Å²) in [6, 6.07) is 8.74. The highest BCUT2D eigenvalue weighted by Gasteiger charge is 2.39. The Hall–Kier alpha value is -1.35. The Balaban J connectivity index is 1.65. The van der Waals surface area contributed by atoms with Crippen LogP contribution in [0.4, 0.5) is 0 Å². The SMILES string of the molecule is NCC1(C(=O)NC2Cc3ccccc3C2)CCCCC1. The van der Waals surface area contributed by atoms with Crippen LogP contribution in [-0.4, -0.2) is 18.5 Å². The first-order chi connectivity index (χ1) is 9.73. The van der Waals surface area contributed by atoms with Gasteiger partial charge in [-0.3, -0.25) is 4.79 Å². The first-order valence-electron chi connectivity index (χ1n) is 7.81. The molecule has 0 atom stereocenters. The van der Waals surface area contributed by atoms with E-state index in [1.54, 1.807) is 0 Å². The van der Waals surface area contributed by atoms with Gasteiger partial charge in [-0.25, -0.2) is 0 Å². The lowest BCUT2D eigenvalue weighted by atomic mass is 9.73. The van der Waals surface area contributed by atoms with Crippen molar-refractivity contribution >= 4 is 5.91 Å². The third kappa shape index (κ3) is 2.47. The van der Waals surface area contributed by atoms with E-state index in [-0.39, 0.29) is 17.4 Å². The van der Waals surface area contributed by atoms with E-state index >= 15 is 0 Å². The fourth-order valence-corrected chi connectivity index (χ4v) is 3.75. The molecule has 3 rings (SSSR count). The van der Waals surface area contributed by atoms with Gasteiger partial charge in [-0.2, -0.15) is 0 Å². The number of benzene rings is 1. The summed E-state index contributed by atoms with van der Waals surface area (Å²) in [4.78, 5) is 12.7. The predicted molar refractivity (Wildman–Crippen MR) is 80.4 cm³/mol. The first kappa shape index (κ1) is 13.6. The van der Waals surface area contributed by atoms with Crippen LogP contribution in [0, 0.1) is 5.41 Å². The van der Waals surface area contributed by atoms with E-state index in [1.165, 1.54) is 17.5 Å². The zero-order valence-corrected chi connectivity index (χ0v) is 12.0. The molecule has 0 saturated heterocycles. The van der Waals surface area contributed by atoms with Gasteiger partial charge in [0.25, 0.3) is 0 Å². The van der Waals surface area contributed by atoms with Gasteiger partial charge in [0.15, 0.2) is 0 Å². The van der Waals surface area contributed by atoms with Crippen LogP contribution >= 0.6 is 0 Å². The van der Waals surface area contributed by atoms with Crippen molar-refractivity contribution in [3.8, 4) is 0 Å². The number of carbonyl (C=O) groups excluding carboxylic acids is 1. The maximum Gasteiger partial charge on any atom is 0.227 e. The Morgan fingerprint density at radius 1 is 1.15 bits per heavy atom. The van der Waals surface area contributed by atoms with Gasteiger partial charge in [0.05, 0.1) is 5.41 Å². The number of carbonyl (C=O) groups is 1. The smallest absolute Gasteiger partial charge is 0.227 e. The van der Waals surface area contributed by atoms with Gasteiger partial charge in [0.1, 0.15) is 0 Å². The lowest BCUT2D eigenvalue weighted by molar-refractivity contribution is -0.133. The molecule has 2 aliphatic carbocycles. The molecule has 0 heterocycles. The molecule has 0 unspecified atom stereocenters. The average molecular weight is 272 g/mol. The van der Waals surface area contributed by atoms with E-state index in [0.717, 1.165) is 38.5 Å². The largest absolute Gasteiger partial charge is 0.352 e. The molecule has 108 valence electrons. The summed E-state index contributed by atoms with van der Waals surface area (Å²) in [6.07, 6.45) is 7.34. The van der Waals surface area contributed by atoms with Crippen LogP contribution in [0.25, 0.3) is 0 Å². The maximum atomic E-state index is 12.7.